The molecule has 1 aromatic rings. The van der Waals surface area contributed by atoms with Crippen molar-refractivity contribution in [3.05, 3.63) is 24.3 Å². The number of anilines is 1. The molecule has 22 heavy (non-hydrogen) atoms. The number of carboxylic acid groups (broad SMARTS) is 1. The van der Waals surface area contributed by atoms with E-state index in [0.29, 0.717) is 17.9 Å². The van der Waals surface area contributed by atoms with E-state index in [9.17, 15) is 9.59 Å². The lowest BCUT2D eigenvalue weighted by atomic mass is 10.1. The van der Waals surface area contributed by atoms with Crippen molar-refractivity contribution in [3.8, 4) is 5.75 Å². The Hall–Kier alpha value is -2.04. The fourth-order valence-electron chi connectivity index (χ4n) is 2.15. The molecule has 0 saturated carbocycles. The van der Waals surface area contributed by atoms with Crippen LogP contribution in [0.2, 0.25) is 0 Å². The molecule has 3 N–H and O–H groups in total. The maximum Gasteiger partial charge on any atom is 0.311 e. The number of hydrogen-bond donors (Lipinski definition) is 2. The summed E-state index contributed by atoms with van der Waals surface area (Å²) >= 11 is 0. The average Bonchev–Trinajstić information content (AvgIpc) is 2.47. The Bertz CT molecular complexity index is 456. The van der Waals surface area contributed by atoms with Crippen LogP contribution in [0.3, 0.4) is 0 Å². The fourth-order valence-corrected chi connectivity index (χ4v) is 2.15. The molecule has 0 bridgehead atoms. The molecule has 0 amide bonds. The van der Waals surface area contributed by atoms with Crippen LogP contribution < -0.4 is 10.5 Å². The number of nitrogen functional groups attached to an aromatic ring is 1. The summed E-state index contributed by atoms with van der Waals surface area (Å²) in [4.78, 5) is 22.0. The van der Waals surface area contributed by atoms with E-state index in [2.05, 4.69) is 0 Å². The summed E-state index contributed by atoms with van der Waals surface area (Å²) < 4.78 is 5.20. The van der Waals surface area contributed by atoms with E-state index in [-0.39, 0.29) is 12.4 Å². The van der Waals surface area contributed by atoms with E-state index in [4.69, 9.17) is 15.6 Å². The maximum absolute atomic E-state index is 11.6. The predicted molar refractivity (Wildman–Crippen MR) is 85.7 cm³/mol. The SMILES string of the molecule is Nc1ccc(OC(=O)CCCCCCCCCC(=O)O)cc1. The van der Waals surface area contributed by atoms with E-state index >= 15 is 0 Å². The van der Waals surface area contributed by atoms with Gasteiger partial charge in [0.2, 0.25) is 0 Å². The molecule has 0 spiro atoms. The first-order valence-electron chi connectivity index (χ1n) is 7.86. The van der Waals surface area contributed by atoms with Crippen LogP contribution in [0.4, 0.5) is 5.69 Å². The van der Waals surface area contributed by atoms with Gasteiger partial charge in [0.1, 0.15) is 5.75 Å². The quantitative estimate of drug-likeness (QED) is 0.281. The van der Waals surface area contributed by atoms with Gasteiger partial charge in [0.15, 0.2) is 0 Å². The van der Waals surface area contributed by atoms with Crippen molar-refractivity contribution in [1.82, 2.24) is 0 Å². The first-order valence-corrected chi connectivity index (χ1v) is 7.86. The topological polar surface area (TPSA) is 89.6 Å². The highest BCUT2D eigenvalue weighted by Gasteiger charge is 2.04. The Morgan fingerprint density at radius 3 is 1.91 bits per heavy atom. The number of esters is 1. The molecule has 0 heterocycles. The number of hydrogen-bond acceptors (Lipinski definition) is 4. The smallest absolute Gasteiger partial charge is 0.311 e. The van der Waals surface area contributed by atoms with Crippen LogP contribution in [0.15, 0.2) is 24.3 Å². The first-order chi connectivity index (χ1) is 10.6. The van der Waals surface area contributed by atoms with Crippen LogP contribution in [0, 0.1) is 0 Å². The molecular formula is C17H25NO4. The van der Waals surface area contributed by atoms with Crippen LogP contribution in [0.5, 0.6) is 5.75 Å². The highest BCUT2D eigenvalue weighted by Crippen LogP contribution is 2.15. The van der Waals surface area contributed by atoms with Gasteiger partial charge in [0, 0.05) is 18.5 Å². The number of unbranched alkanes of at least 4 members (excludes halogenated alkanes) is 6. The number of rotatable bonds is 11. The summed E-state index contributed by atoms with van der Waals surface area (Å²) in [7, 11) is 0. The lowest BCUT2D eigenvalue weighted by Crippen LogP contribution is -2.07. The molecular weight excluding hydrogens is 282 g/mol. The molecule has 0 aliphatic rings. The number of aliphatic carboxylic acids is 1. The van der Waals surface area contributed by atoms with Crippen LogP contribution >= 0.6 is 0 Å². The highest BCUT2D eigenvalue weighted by molar-refractivity contribution is 5.72. The second kappa shape index (κ2) is 10.7. The molecule has 122 valence electrons. The van der Waals surface area contributed by atoms with E-state index in [0.717, 1.165) is 44.9 Å². The van der Waals surface area contributed by atoms with E-state index in [1.165, 1.54) is 0 Å². The second-order valence-corrected chi connectivity index (χ2v) is 5.41. The zero-order chi connectivity index (χ0) is 16.2. The number of carboxylic acids is 1. The van der Waals surface area contributed by atoms with Crippen molar-refractivity contribution >= 4 is 17.6 Å². The lowest BCUT2D eigenvalue weighted by Gasteiger charge is -2.05. The van der Waals surface area contributed by atoms with Crippen molar-refractivity contribution in [2.45, 2.75) is 57.8 Å². The summed E-state index contributed by atoms with van der Waals surface area (Å²) in [5.41, 5.74) is 6.20. The van der Waals surface area contributed by atoms with Gasteiger partial charge in [0.25, 0.3) is 0 Å². The lowest BCUT2D eigenvalue weighted by molar-refractivity contribution is -0.137. The molecule has 5 heteroatoms. The monoisotopic (exact) mass is 307 g/mol. The highest BCUT2D eigenvalue weighted by atomic mass is 16.5. The minimum Gasteiger partial charge on any atom is -0.481 e. The second-order valence-electron chi connectivity index (χ2n) is 5.41. The van der Waals surface area contributed by atoms with Gasteiger partial charge in [0.05, 0.1) is 0 Å². The van der Waals surface area contributed by atoms with Gasteiger partial charge in [-0.3, -0.25) is 9.59 Å². The van der Waals surface area contributed by atoms with Gasteiger partial charge < -0.3 is 15.6 Å². The average molecular weight is 307 g/mol. The zero-order valence-corrected chi connectivity index (χ0v) is 12.9. The van der Waals surface area contributed by atoms with Gasteiger partial charge >= 0.3 is 11.9 Å². The summed E-state index contributed by atoms with van der Waals surface area (Å²) in [5.74, 6) is -0.413. The van der Waals surface area contributed by atoms with Crippen molar-refractivity contribution in [1.29, 1.82) is 0 Å². The molecule has 0 aliphatic carbocycles. The summed E-state index contributed by atoms with van der Waals surface area (Å²) in [5, 5.41) is 8.51. The molecule has 5 nitrogen and oxygen atoms in total. The third-order valence-corrected chi connectivity index (χ3v) is 3.38. The minimum atomic E-state index is -0.723. The largest absolute Gasteiger partial charge is 0.481 e. The summed E-state index contributed by atoms with van der Waals surface area (Å²) in [6, 6.07) is 6.77. The molecule has 0 aromatic heterocycles. The first kappa shape index (κ1) is 18.0. The molecule has 0 aliphatic heterocycles. The van der Waals surface area contributed by atoms with Gasteiger partial charge in [-0.2, -0.15) is 0 Å². The number of ether oxygens (including phenoxy) is 1. The number of carbonyl (C=O) groups is 2. The van der Waals surface area contributed by atoms with Crippen molar-refractivity contribution in [2.75, 3.05) is 5.73 Å². The molecule has 1 aromatic carbocycles. The van der Waals surface area contributed by atoms with Gasteiger partial charge in [-0.05, 0) is 37.1 Å². The van der Waals surface area contributed by atoms with E-state index in [1.807, 2.05) is 0 Å². The Kier molecular flexibility index (Phi) is 8.72. The Morgan fingerprint density at radius 2 is 1.36 bits per heavy atom. The van der Waals surface area contributed by atoms with Crippen LogP contribution in [-0.4, -0.2) is 17.0 Å². The van der Waals surface area contributed by atoms with Gasteiger partial charge in [-0.25, -0.2) is 0 Å². The van der Waals surface area contributed by atoms with Crippen LogP contribution in [0.1, 0.15) is 57.8 Å². The van der Waals surface area contributed by atoms with E-state index < -0.39 is 5.97 Å². The third kappa shape index (κ3) is 9.00. The molecule has 0 radical (unpaired) electrons. The molecule has 0 saturated heterocycles. The molecule has 0 unspecified atom stereocenters. The maximum atomic E-state index is 11.6. The summed E-state index contributed by atoms with van der Waals surface area (Å²) in [6.45, 7) is 0. The Balaban J connectivity index is 1.97. The normalized spacial score (nSPS) is 10.4. The van der Waals surface area contributed by atoms with Crippen molar-refractivity contribution in [2.24, 2.45) is 0 Å². The number of benzene rings is 1. The van der Waals surface area contributed by atoms with Crippen molar-refractivity contribution in [3.63, 3.8) is 0 Å². The Labute approximate surface area is 131 Å². The van der Waals surface area contributed by atoms with Gasteiger partial charge in [-0.15, -0.1) is 0 Å². The van der Waals surface area contributed by atoms with E-state index in [1.54, 1.807) is 24.3 Å². The molecule has 0 atom stereocenters. The molecule has 1 rings (SSSR count). The Morgan fingerprint density at radius 1 is 0.864 bits per heavy atom. The van der Waals surface area contributed by atoms with Gasteiger partial charge in [-0.1, -0.05) is 32.1 Å². The third-order valence-electron chi connectivity index (χ3n) is 3.38. The fraction of sp³-hybridized carbons (Fsp3) is 0.529. The van der Waals surface area contributed by atoms with Crippen molar-refractivity contribution < 1.29 is 19.4 Å². The van der Waals surface area contributed by atoms with Crippen LogP contribution in [0.25, 0.3) is 0 Å². The number of carbonyl (C=O) groups excluding carboxylic acids is 1. The zero-order valence-electron chi connectivity index (χ0n) is 12.9. The van der Waals surface area contributed by atoms with Crippen LogP contribution in [-0.2, 0) is 9.59 Å². The molecule has 0 fully saturated rings. The standard InChI is InChI=1S/C17H25NO4/c18-14-10-12-15(13-11-14)22-17(21)9-7-5-3-1-2-4-6-8-16(19)20/h10-13H,1-9,18H2,(H,19,20). The summed E-state index contributed by atoms with van der Waals surface area (Å²) in [6.07, 6.45) is 7.44. The number of nitrogens with two attached hydrogens (primary N) is 1. The minimum absolute atomic E-state index is 0.216. The predicted octanol–water partition coefficient (Wildman–Crippen LogP) is 3.77.